The number of aryl methyl sites for hydroxylation is 1. The number of ether oxygens (including phenoxy) is 1. The summed E-state index contributed by atoms with van der Waals surface area (Å²) in [6.07, 6.45) is 3.00. The fraction of sp³-hybridized carbons (Fsp3) is 0.125. The van der Waals surface area contributed by atoms with Crippen molar-refractivity contribution < 1.29 is 17.9 Å². The number of anilines is 1. The van der Waals surface area contributed by atoms with Crippen LogP contribution in [0.15, 0.2) is 83.8 Å². The van der Waals surface area contributed by atoms with Gasteiger partial charge in [-0.25, -0.2) is 13.1 Å². The Labute approximate surface area is 182 Å². The second-order valence-electron chi connectivity index (χ2n) is 6.80. The van der Waals surface area contributed by atoms with Gasteiger partial charge in [0, 0.05) is 12.6 Å². The van der Waals surface area contributed by atoms with Crippen LogP contribution in [0.4, 0.5) is 5.69 Å². The van der Waals surface area contributed by atoms with Crippen LogP contribution in [0.3, 0.4) is 0 Å². The molecule has 0 heterocycles. The molecule has 0 saturated heterocycles. The van der Waals surface area contributed by atoms with Crippen LogP contribution in [0.25, 0.3) is 6.08 Å². The maximum Gasteiger partial charge on any atom is 0.248 e. The third kappa shape index (κ3) is 6.28. The lowest BCUT2D eigenvalue weighted by molar-refractivity contribution is -0.111. The molecule has 3 rings (SSSR count). The van der Waals surface area contributed by atoms with Gasteiger partial charge >= 0.3 is 0 Å². The van der Waals surface area contributed by atoms with Crippen LogP contribution in [0.1, 0.15) is 18.1 Å². The van der Waals surface area contributed by atoms with Gasteiger partial charge in [-0.3, -0.25) is 4.79 Å². The third-order valence-electron chi connectivity index (χ3n) is 4.35. The van der Waals surface area contributed by atoms with E-state index in [2.05, 4.69) is 10.0 Å². The number of nitrogens with one attached hydrogen (secondary N) is 2. The highest BCUT2D eigenvalue weighted by Crippen LogP contribution is 2.29. The Morgan fingerprint density at radius 3 is 2.32 bits per heavy atom. The van der Waals surface area contributed by atoms with Crippen molar-refractivity contribution in [2.75, 3.05) is 11.9 Å². The van der Waals surface area contributed by atoms with Crippen molar-refractivity contribution in [2.24, 2.45) is 0 Å². The molecule has 3 aromatic carbocycles. The van der Waals surface area contributed by atoms with Crippen LogP contribution in [0, 0.1) is 6.92 Å². The highest BCUT2D eigenvalue weighted by atomic mass is 32.2. The Morgan fingerprint density at radius 2 is 1.65 bits per heavy atom. The molecule has 3 aromatic rings. The quantitative estimate of drug-likeness (QED) is 0.500. The van der Waals surface area contributed by atoms with E-state index in [1.54, 1.807) is 37.3 Å². The van der Waals surface area contributed by atoms with E-state index in [1.807, 2.05) is 43.3 Å². The maximum absolute atomic E-state index is 12.4. The van der Waals surface area contributed by atoms with Crippen LogP contribution < -0.4 is 14.8 Å². The summed E-state index contributed by atoms with van der Waals surface area (Å²) in [7, 11) is -3.50. The fourth-order valence-corrected chi connectivity index (χ4v) is 3.81. The van der Waals surface area contributed by atoms with Gasteiger partial charge < -0.3 is 10.1 Å². The summed E-state index contributed by atoms with van der Waals surface area (Å²) in [5.74, 6) is 0.880. The van der Waals surface area contributed by atoms with Crippen molar-refractivity contribution in [3.63, 3.8) is 0 Å². The molecule has 0 aliphatic rings. The van der Waals surface area contributed by atoms with Crippen molar-refractivity contribution >= 4 is 27.7 Å². The van der Waals surface area contributed by atoms with Crippen molar-refractivity contribution in [3.05, 3.63) is 90.0 Å². The van der Waals surface area contributed by atoms with Gasteiger partial charge in [0.1, 0.15) is 5.75 Å². The summed E-state index contributed by atoms with van der Waals surface area (Å²) < 4.78 is 32.3. The highest BCUT2D eigenvalue weighted by Gasteiger charge is 2.11. The molecule has 0 spiro atoms. The van der Waals surface area contributed by atoms with Crippen molar-refractivity contribution in [1.82, 2.24) is 4.72 Å². The van der Waals surface area contributed by atoms with Gasteiger partial charge in [-0.1, -0.05) is 48.9 Å². The second kappa shape index (κ2) is 10.1. The van der Waals surface area contributed by atoms with E-state index in [4.69, 9.17) is 4.74 Å². The molecule has 0 aliphatic carbocycles. The maximum atomic E-state index is 12.4. The lowest BCUT2D eigenvalue weighted by atomic mass is 10.2. The Morgan fingerprint density at radius 1 is 0.968 bits per heavy atom. The van der Waals surface area contributed by atoms with Gasteiger partial charge in [0.25, 0.3) is 0 Å². The number of hydrogen-bond donors (Lipinski definition) is 2. The fourth-order valence-electron chi connectivity index (χ4n) is 2.77. The number of para-hydroxylation sites is 2. The van der Waals surface area contributed by atoms with Crippen LogP contribution in [0.5, 0.6) is 11.5 Å². The van der Waals surface area contributed by atoms with E-state index in [9.17, 15) is 13.2 Å². The molecule has 0 saturated carbocycles. The number of carbonyl (C=O) groups is 1. The van der Waals surface area contributed by atoms with Gasteiger partial charge in [-0.2, -0.15) is 0 Å². The highest BCUT2D eigenvalue weighted by molar-refractivity contribution is 7.89. The average molecular weight is 437 g/mol. The van der Waals surface area contributed by atoms with Gasteiger partial charge in [0.05, 0.1) is 10.6 Å². The molecule has 31 heavy (non-hydrogen) atoms. The molecule has 0 atom stereocenters. The number of carbonyl (C=O) groups excluding carboxylic acids is 1. The molecular weight excluding hydrogens is 412 g/mol. The molecule has 0 bridgehead atoms. The minimum Gasteiger partial charge on any atom is -0.455 e. The van der Waals surface area contributed by atoms with E-state index in [0.29, 0.717) is 29.3 Å². The molecule has 0 unspecified atom stereocenters. The van der Waals surface area contributed by atoms with Crippen LogP contribution in [-0.4, -0.2) is 20.9 Å². The largest absolute Gasteiger partial charge is 0.455 e. The Hall–Kier alpha value is -3.42. The summed E-state index contributed by atoms with van der Waals surface area (Å²) in [6, 6.07) is 21.1. The lowest BCUT2D eigenvalue weighted by Crippen LogP contribution is -2.22. The van der Waals surface area contributed by atoms with Crippen molar-refractivity contribution in [1.29, 1.82) is 0 Å². The minimum absolute atomic E-state index is 0.179. The Kier molecular flexibility index (Phi) is 7.23. The van der Waals surface area contributed by atoms with E-state index >= 15 is 0 Å². The summed E-state index contributed by atoms with van der Waals surface area (Å²) in [5, 5.41) is 2.81. The molecule has 6 nitrogen and oxygen atoms in total. The lowest BCUT2D eigenvalue weighted by Gasteiger charge is -2.11. The zero-order valence-electron chi connectivity index (χ0n) is 17.3. The molecule has 0 fully saturated rings. The van der Waals surface area contributed by atoms with E-state index in [0.717, 1.165) is 5.56 Å². The van der Waals surface area contributed by atoms with E-state index < -0.39 is 10.0 Å². The van der Waals surface area contributed by atoms with E-state index in [1.165, 1.54) is 18.2 Å². The van der Waals surface area contributed by atoms with Crippen LogP contribution in [-0.2, 0) is 14.8 Å². The summed E-state index contributed by atoms with van der Waals surface area (Å²) in [4.78, 5) is 12.6. The van der Waals surface area contributed by atoms with Gasteiger partial charge in [-0.05, 0) is 55.0 Å². The van der Waals surface area contributed by atoms with Crippen molar-refractivity contribution in [3.8, 4) is 11.5 Å². The SMILES string of the molecule is CCNS(=O)(=O)c1ccc(/C=C/C(=O)Nc2ccccc2Oc2ccc(C)cc2)cc1. The van der Waals surface area contributed by atoms with Crippen LogP contribution >= 0.6 is 0 Å². The molecule has 0 radical (unpaired) electrons. The van der Waals surface area contributed by atoms with Gasteiger partial charge in [-0.15, -0.1) is 0 Å². The predicted octanol–water partition coefficient (Wildman–Crippen LogP) is 4.74. The first-order chi connectivity index (χ1) is 14.9. The molecule has 0 aromatic heterocycles. The first-order valence-corrected chi connectivity index (χ1v) is 11.3. The second-order valence-corrected chi connectivity index (χ2v) is 8.57. The summed E-state index contributed by atoms with van der Waals surface area (Å²) in [5.41, 5.74) is 2.38. The summed E-state index contributed by atoms with van der Waals surface area (Å²) >= 11 is 0. The number of hydrogen-bond acceptors (Lipinski definition) is 4. The summed E-state index contributed by atoms with van der Waals surface area (Å²) in [6.45, 7) is 4.04. The molecule has 7 heteroatoms. The zero-order valence-corrected chi connectivity index (χ0v) is 18.1. The topological polar surface area (TPSA) is 84.5 Å². The average Bonchev–Trinajstić information content (AvgIpc) is 2.75. The van der Waals surface area contributed by atoms with Crippen molar-refractivity contribution in [2.45, 2.75) is 18.7 Å². The molecule has 1 amide bonds. The number of rotatable bonds is 8. The number of amides is 1. The van der Waals surface area contributed by atoms with Crippen LogP contribution in [0.2, 0.25) is 0 Å². The Bertz CT molecular complexity index is 1170. The molecular formula is C24H24N2O4S. The molecule has 0 aliphatic heterocycles. The van der Waals surface area contributed by atoms with Gasteiger partial charge in [0.2, 0.25) is 15.9 Å². The number of sulfonamides is 1. The number of benzene rings is 3. The molecule has 160 valence electrons. The molecule has 2 N–H and O–H groups in total. The Balaban J connectivity index is 1.67. The van der Waals surface area contributed by atoms with Gasteiger partial charge in [0.15, 0.2) is 5.75 Å². The van der Waals surface area contributed by atoms with E-state index in [-0.39, 0.29) is 10.8 Å². The smallest absolute Gasteiger partial charge is 0.248 e. The third-order valence-corrected chi connectivity index (χ3v) is 5.91. The zero-order chi connectivity index (χ0) is 22.3. The first-order valence-electron chi connectivity index (χ1n) is 9.80. The predicted molar refractivity (Wildman–Crippen MR) is 123 cm³/mol. The normalized spacial score (nSPS) is 11.4. The standard InChI is InChI=1S/C24H24N2O4S/c1-3-25-31(28,29)21-15-10-19(11-16-21)12-17-24(27)26-22-6-4-5-7-23(22)30-20-13-8-18(2)9-14-20/h4-17,25H,3H2,1-2H3,(H,26,27)/b17-12+. The minimum atomic E-state index is -3.50. The monoisotopic (exact) mass is 436 g/mol. The first kappa shape index (κ1) is 22.3.